The van der Waals surface area contributed by atoms with Gasteiger partial charge in [0.05, 0.1) is 42.6 Å². The van der Waals surface area contributed by atoms with Gasteiger partial charge in [0.15, 0.2) is 0 Å². The molecule has 3 saturated heterocycles. The second-order valence-electron chi connectivity index (χ2n) is 35.6. The number of aromatic hydroxyl groups is 1. The molecule has 7 rings (SSSR count). The summed E-state index contributed by atoms with van der Waals surface area (Å²) in [5.74, 6) is -33.5. The zero-order valence-corrected chi connectivity index (χ0v) is 85.3. The Hall–Kier alpha value is -12.9. The highest BCUT2D eigenvalue weighted by Crippen LogP contribution is 2.25. The highest BCUT2D eigenvalue weighted by molar-refractivity contribution is 8.01. The van der Waals surface area contributed by atoms with Crippen LogP contribution < -0.4 is 91.6 Å². The van der Waals surface area contributed by atoms with Crippen LogP contribution in [0.15, 0.2) is 97.1 Å². The molecule has 0 saturated carbocycles. The number of amides is 16. The summed E-state index contributed by atoms with van der Waals surface area (Å²) < 4.78 is 91.6. The van der Waals surface area contributed by atoms with Crippen molar-refractivity contribution in [2.45, 2.75) is 196 Å². The van der Waals surface area contributed by atoms with Gasteiger partial charge in [-0.05, 0) is 78.6 Å². The van der Waals surface area contributed by atoms with Gasteiger partial charge in [0.25, 0.3) is 0 Å². The summed E-state index contributed by atoms with van der Waals surface area (Å²) in [6.45, 7) is 3.50. The molecule has 0 spiro atoms. The van der Waals surface area contributed by atoms with Crippen molar-refractivity contribution in [3.63, 3.8) is 0 Å². The van der Waals surface area contributed by atoms with Gasteiger partial charge in [0.2, 0.25) is 125 Å². The summed E-state index contributed by atoms with van der Waals surface area (Å²) >= 11 is 2.03. The van der Waals surface area contributed by atoms with E-state index in [1.807, 2.05) is 0 Å². The number of thioether (sulfide) groups is 3. The number of nitrogens with two attached hydrogens (primary N) is 3. The van der Waals surface area contributed by atoms with Gasteiger partial charge in [-0.1, -0.05) is 106 Å². The number of sulfonamides is 3. The molecule has 3 aliphatic rings. The molecular weight excluding hydrogens is 2040 g/mol. The molecule has 51 nitrogen and oxygen atoms in total. The molecule has 25 N–H and O–H groups in total. The van der Waals surface area contributed by atoms with Crippen LogP contribution in [-0.2, 0) is 145 Å². The van der Waals surface area contributed by atoms with E-state index in [1.165, 1.54) is 76.2 Å². The molecule has 16 amide bonds. The lowest BCUT2D eigenvalue weighted by Crippen LogP contribution is -2.62. The molecular formula is C89H124N20O31S6. The Kier molecular flexibility index (Phi) is 46.1. The zero-order valence-electron chi connectivity index (χ0n) is 80.4. The van der Waals surface area contributed by atoms with Crippen molar-refractivity contribution >= 4 is 195 Å². The topological polar surface area (TPSA) is 801 Å². The van der Waals surface area contributed by atoms with Gasteiger partial charge < -0.3 is 117 Å². The minimum Gasteiger partial charge on any atom is -0.508 e. The Bertz CT molecular complexity index is 5790. The van der Waals surface area contributed by atoms with E-state index in [9.17, 15) is 124 Å². The lowest BCUT2D eigenvalue weighted by molar-refractivity contribution is -0.142. The molecule has 802 valence electrons. The number of fused-ring (bicyclic) bond motifs is 10. The molecule has 3 heterocycles. The van der Waals surface area contributed by atoms with Crippen molar-refractivity contribution in [3.8, 4) is 5.75 Å². The summed E-state index contributed by atoms with van der Waals surface area (Å²) in [7, 11) is -14.2. The number of phenols is 1. The Morgan fingerprint density at radius 1 is 0.411 bits per heavy atom. The normalized spacial score (nSPS) is 26.8. The second-order valence-corrected chi connectivity index (χ2v) is 45.4. The first-order valence-corrected chi connectivity index (χ1v) is 54.2. The highest BCUT2D eigenvalue weighted by atomic mass is 32.2. The van der Waals surface area contributed by atoms with E-state index >= 15 is 22.8 Å². The molecule has 4 aromatic rings. The smallest absolute Gasteiger partial charge is 0.305 e. The third-order valence-corrected chi connectivity index (χ3v) is 32.6. The Morgan fingerprint density at radius 3 is 1.25 bits per heavy atom. The van der Waals surface area contributed by atoms with E-state index in [1.54, 1.807) is 48.5 Å². The molecule has 4 bridgehead atoms. The van der Waals surface area contributed by atoms with E-state index in [0.29, 0.717) is 28.1 Å². The van der Waals surface area contributed by atoms with Crippen LogP contribution >= 0.6 is 35.3 Å². The van der Waals surface area contributed by atoms with Crippen LogP contribution in [0, 0.1) is 5.41 Å². The van der Waals surface area contributed by atoms with E-state index in [-0.39, 0.29) is 16.9 Å². The third kappa shape index (κ3) is 38.8. The first kappa shape index (κ1) is 120. The van der Waals surface area contributed by atoms with Crippen molar-refractivity contribution in [2.75, 3.05) is 91.0 Å². The van der Waals surface area contributed by atoms with Gasteiger partial charge in [-0.15, -0.1) is 0 Å². The fourth-order valence-corrected chi connectivity index (χ4v) is 23.7. The molecule has 0 aromatic heterocycles. The van der Waals surface area contributed by atoms with Crippen LogP contribution in [0.5, 0.6) is 5.75 Å². The lowest BCUT2D eigenvalue weighted by Gasteiger charge is -2.33. The number of hydrogen-bond acceptors (Lipinski definition) is 31. The number of carbonyl (C=O) groups is 20. The fraction of sp³-hybridized carbons (Fsp3) is 0.528. The fourth-order valence-electron chi connectivity index (χ4n) is 14.9. The molecule has 0 radical (unpaired) electrons. The molecule has 57 heteroatoms. The summed E-state index contributed by atoms with van der Waals surface area (Å²) in [6, 6.07) is -4.60. The highest BCUT2D eigenvalue weighted by Gasteiger charge is 2.43. The summed E-state index contributed by atoms with van der Waals surface area (Å²) in [6.07, 6.45) is -8.87. The number of phenolic OH excluding ortho intramolecular Hbond substituents is 1. The molecule has 3 aliphatic heterocycles. The number of benzene rings is 4. The third-order valence-electron chi connectivity index (χ3n) is 23.0. The van der Waals surface area contributed by atoms with Crippen LogP contribution in [0.4, 0.5) is 0 Å². The Labute approximate surface area is 853 Å². The molecule has 3 fully saturated rings. The maximum absolute atomic E-state index is 15.3. The number of hydrogen-bond donors (Lipinski definition) is 22. The summed E-state index contributed by atoms with van der Waals surface area (Å²) in [5, 5.41) is 85.0. The van der Waals surface area contributed by atoms with E-state index in [4.69, 9.17) is 17.2 Å². The quantitative estimate of drug-likeness (QED) is 0.0369. The van der Waals surface area contributed by atoms with Crippen molar-refractivity contribution in [3.05, 3.63) is 114 Å². The average Bonchev–Trinajstić information content (AvgIpc) is 1.69. The SMILES string of the molecule is C[C@H](N)C(=O)N[C@H]1CSCCS(=O)(=O)N2CCN3CCN(CC2)S(=O)(=O)CCSC[C@@H](NC(=O)[C@@H](C)NC(=O)[C@H](Cc2cccc4ccccc24)NC(=O)[C@H](CCC(=O)O)NC(=O)[C@H](CC(N)=O)NC(=O)[C@@H](C)NC1=O)C(=O)N[C@@H](CCC(=O)O)C(=O)N[C@@H](CC(=O)O)C(=O)N[C@@H](Cc1ccccc1)C(=O)N[C@@H](Cc1ccc(O)cc1)C(=O)N[C@@H](CC(=O)O)C(=O)N[C@@H](C(C)(C)C)C(=O)N[C@H](C(N)=O)CSCCS3(=O)=O. The number of rotatable bonds is 21. The van der Waals surface area contributed by atoms with Gasteiger partial charge in [-0.2, -0.15) is 48.2 Å². The summed E-state index contributed by atoms with van der Waals surface area (Å²) in [4.78, 5) is 282. The lowest BCUT2D eigenvalue weighted by atomic mass is 9.85. The first-order valence-electron chi connectivity index (χ1n) is 45.9. The number of primary amides is 2. The van der Waals surface area contributed by atoms with Gasteiger partial charge in [-0.3, -0.25) is 95.9 Å². The Morgan fingerprint density at radius 2 is 0.788 bits per heavy atom. The number of carbonyl (C=O) groups excluding carboxylic acids is 16. The van der Waals surface area contributed by atoms with Crippen molar-refractivity contribution in [2.24, 2.45) is 22.6 Å². The number of carboxylic acid groups (broad SMARTS) is 4. The predicted molar refractivity (Wildman–Crippen MR) is 530 cm³/mol. The largest absolute Gasteiger partial charge is 0.508 e. The van der Waals surface area contributed by atoms with E-state index in [2.05, 4.69) is 74.4 Å². The second kappa shape index (κ2) is 56.1. The molecule has 0 aliphatic carbocycles. The van der Waals surface area contributed by atoms with Gasteiger partial charge in [0, 0.05) is 106 Å². The van der Waals surface area contributed by atoms with Gasteiger partial charge >= 0.3 is 23.9 Å². The van der Waals surface area contributed by atoms with Crippen LogP contribution in [0.25, 0.3) is 10.8 Å². The standard InChI is InChI=1S/C89H124N20O31S6/c1-48(90)75(121)104-66-46-142-34-37-145(137,138)108-29-27-107-28-30-109(32-31-108)146(139,140)38-35-143-47-67(105-77(123)50(3)93-80(126)61(41-54-17-12-16-53-15-10-11-18-56(53)54)100-78(124)57(23-25-69(112)113)95-83(129)62(42-68(91)111)97-76(122)49(2)94-86(66)132)87(133)96-58(24-26-70(114)115)79(125)101-63(43-71(116)117)84(130)99-59(39-51-13-8-7-9-14-51)81(127)98-60(40-52-19-21-55(110)22-20-52)82(128)102-64(44-72(118)119)85(131)106-73(89(4,5)6)88(134)103-65(74(92)120)45-141-33-36-144(107,135)136/h7-22,48-50,57-67,73,110H,23-47,90H2,1-6H3,(H2,91,111)(H2,92,120)(H,93,126)(H,94,132)(H,95,129)(H,96,133)(H,97,122)(H,98,127)(H,99,130)(H,100,124)(H,101,125)(H,102,128)(H,103,134)(H,104,121)(H,105,123)(H,106,131)(H,112,113)(H,114,115)(H,116,117)(H,118,119)/t48-,49+,50+,57-,58-,59-,60-,61-,62-,63-,64-,65-,66-,67+,73+/m0/s1. The Balaban J connectivity index is 1.40. The molecule has 3 unspecified atom stereocenters. The predicted octanol–water partition coefficient (Wildman–Crippen LogP) is -7.03. The number of nitrogens with one attached hydrogen (secondary N) is 14. The maximum atomic E-state index is 15.3. The first-order chi connectivity index (χ1) is 68.5. The van der Waals surface area contributed by atoms with Gasteiger partial charge in [0.1, 0.15) is 90.3 Å². The molecule has 4 aromatic carbocycles. The van der Waals surface area contributed by atoms with Crippen LogP contribution in [0.2, 0.25) is 0 Å². The minimum atomic E-state index is -4.82. The molecule has 18 atom stereocenters. The van der Waals surface area contributed by atoms with Crippen LogP contribution in [0.1, 0.15) is 103 Å². The van der Waals surface area contributed by atoms with Crippen molar-refractivity contribution in [1.82, 2.24) is 87.4 Å². The monoisotopic (exact) mass is 2160 g/mol. The zero-order chi connectivity index (χ0) is 108. The number of aliphatic carboxylic acids is 4. The maximum Gasteiger partial charge on any atom is 0.305 e. The van der Waals surface area contributed by atoms with Crippen LogP contribution in [-0.4, -0.2) is 364 Å². The average molecular weight is 2160 g/mol. The summed E-state index contributed by atoms with van der Waals surface area (Å²) in [5.41, 5.74) is 16.6. The number of carboxylic acids is 4. The van der Waals surface area contributed by atoms with E-state index in [0.717, 1.165) is 50.3 Å². The minimum absolute atomic E-state index is 0.172. The molecule has 146 heavy (non-hydrogen) atoms. The van der Waals surface area contributed by atoms with Crippen molar-refractivity contribution in [1.29, 1.82) is 0 Å². The number of nitrogens with zero attached hydrogens (tertiary/aromatic N) is 3. The van der Waals surface area contributed by atoms with Crippen molar-refractivity contribution < 1.29 is 147 Å². The van der Waals surface area contributed by atoms with E-state index < -0.39 is 400 Å². The van der Waals surface area contributed by atoms with Crippen LogP contribution in [0.3, 0.4) is 0 Å². The van der Waals surface area contributed by atoms with Gasteiger partial charge in [-0.25, -0.2) is 25.3 Å².